The standard InChI is InChI=1S/C20H20N2O4S/c1-3-26-19(24)13-22-16-9-4-5-10-17(16)27-20(22)21-18(23)12-14-7-6-8-15(11-14)25-2/h4-11H,3,12-13H2,1-2H3. The predicted octanol–water partition coefficient (Wildman–Crippen LogP) is 2.94. The van der Waals surface area contributed by atoms with Gasteiger partial charge in [0.2, 0.25) is 0 Å². The van der Waals surface area contributed by atoms with Gasteiger partial charge in [-0.15, -0.1) is 0 Å². The SMILES string of the molecule is CCOC(=O)Cn1c(=NC(=O)Cc2cccc(OC)c2)sc2ccccc21. The minimum atomic E-state index is -0.359. The van der Waals surface area contributed by atoms with Crippen molar-refractivity contribution >= 4 is 33.4 Å². The number of carbonyl (C=O) groups excluding carboxylic acids is 2. The molecule has 27 heavy (non-hydrogen) atoms. The summed E-state index contributed by atoms with van der Waals surface area (Å²) in [7, 11) is 1.58. The van der Waals surface area contributed by atoms with Crippen LogP contribution in [0.15, 0.2) is 53.5 Å². The van der Waals surface area contributed by atoms with Crippen LogP contribution in [0.4, 0.5) is 0 Å². The Labute approximate surface area is 160 Å². The molecule has 0 saturated carbocycles. The molecule has 2 aromatic carbocycles. The van der Waals surface area contributed by atoms with E-state index in [1.807, 2.05) is 48.5 Å². The number of aromatic nitrogens is 1. The van der Waals surface area contributed by atoms with Gasteiger partial charge in [-0.1, -0.05) is 35.6 Å². The number of ether oxygens (including phenoxy) is 2. The number of hydrogen-bond acceptors (Lipinski definition) is 5. The summed E-state index contributed by atoms with van der Waals surface area (Å²) in [4.78, 5) is 29.2. The van der Waals surface area contributed by atoms with E-state index < -0.39 is 0 Å². The molecule has 1 amide bonds. The fourth-order valence-electron chi connectivity index (χ4n) is 2.70. The number of hydrogen-bond donors (Lipinski definition) is 0. The number of para-hydroxylation sites is 1. The predicted molar refractivity (Wildman–Crippen MR) is 104 cm³/mol. The molecule has 0 radical (unpaired) electrons. The minimum absolute atomic E-state index is 0.0170. The molecule has 0 bridgehead atoms. The number of esters is 1. The van der Waals surface area contributed by atoms with Crippen molar-refractivity contribution in [2.45, 2.75) is 19.9 Å². The zero-order chi connectivity index (χ0) is 19.2. The fraction of sp³-hybridized carbons (Fsp3) is 0.250. The summed E-state index contributed by atoms with van der Waals surface area (Å²) in [5, 5.41) is 0. The average molecular weight is 384 g/mol. The molecule has 0 aliphatic carbocycles. The number of rotatable bonds is 6. The third-order valence-electron chi connectivity index (χ3n) is 3.89. The van der Waals surface area contributed by atoms with Crippen LogP contribution in [-0.4, -0.2) is 30.2 Å². The summed E-state index contributed by atoms with van der Waals surface area (Å²) < 4.78 is 12.9. The highest BCUT2D eigenvalue weighted by Gasteiger charge is 2.12. The largest absolute Gasteiger partial charge is 0.497 e. The zero-order valence-electron chi connectivity index (χ0n) is 15.2. The van der Waals surface area contributed by atoms with E-state index in [1.165, 1.54) is 11.3 Å². The van der Waals surface area contributed by atoms with E-state index in [1.54, 1.807) is 18.6 Å². The molecule has 1 heterocycles. The van der Waals surface area contributed by atoms with Crippen molar-refractivity contribution < 1.29 is 19.1 Å². The molecule has 1 aromatic heterocycles. The Kier molecular flexibility index (Phi) is 6.03. The van der Waals surface area contributed by atoms with Gasteiger partial charge in [0.1, 0.15) is 12.3 Å². The molecule has 140 valence electrons. The molecule has 6 nitrogen and oxygen atoms in total. The van der Waals surface area contributed by atoms with Crippen molar-refractivity contribution in [1.82, 2.24) is 4.57 Å². The normalized spacial score (nSPS) is 11.6. The van der Waals surface area contributed by atoms with Crippen molar-refractivity contribution in [3.05, 3.63) is 58.9 Å². The van der Waals surface area contributed by atoms with E-state index in [-0.39, 0.29) is 24.8 Å². The highest BCUT2D eigenvalue weighted by Crippen LogP contribution is 2.17. The Balaban J connectivity index is 1.94. The maximum absolute atomic E-state index is 12.5. The van der Waals surface area contributed by atoms with Crippen LogP contribution >= 0.6 is 11.3 Å². The highest BCUT2D eigenvalue weighted by atomic mass is 32.1. The maximum atomic E-state index is 12.5. The van der Waals surface area contributed by atoms with E-state index in [9.17, 15) is 9.59 Å². The molecule has 0 saturated heterocycles. The second-order valence-electron chi connectivity index (χ2n) is 5.78. The van der Waals surface area contributed by atoms with Gasteiger partial charge in [-0.2, -0.15) is 4.99 Å². The van der Waals surface area contributed by atoms with Crippen LogP contribution < -0.4 is 9.54 Å². The second kappa shape index (κ2) is 8.64. The Morgan fingerprint density at radius 2 is 1.96 bits per heavy atom. The lowest BCUT2D eigenvalue weighted by molar-refractivity contribution is -0.143. The highest BCUT2D eigenvalue weighted by molar-refractivity contribution is 7.16. The van der Waals surface area contributed by atoms with Crippen molar-refractivity contribution in [2.75, 3.05) is 13.7 Å². The zero-order valence-corrected chi connectivity index (χ0v) is 16.0. The smallest absolute Gasteiger partial charge is 0.326 e. The molecular formula is C20H20N2O4S. The van der Waals surface area contributed by atoms with E-state index in [0.717, 1.165) is 15.8 Å². The van der Waals surface area contributed by atoms with E-state index in [0.29, 0.717) is 17.2 Å². The monoisotopic (exact) mass is 384 g/mol. The number of fused-ring (bicyclic) bond motifs is 1. The molecular weight excluding hydrogens is 364 g/mol. The molecule has 0 aliphatic rings. The molecule has 3 aromatic rings. The molecule has 0 unspecified atom stereocenters. The van der Waals surface area contributed by atoms with Crippen LogP contribution in [0.1, 0.15) is 12.5 Å². The molecule has 0 N–H and O–H groups in total. The Bertz CT molecular complexity index is 1040. The van der Waals surface area contributed by atoms with Crippen LogP contribution in [0.2, 0.25) is 0 Å². The van der Waals surface area contributed by atoms with Gasteiger partial charge in [-0.3, -0.25) is 9.59 Å². The molecule has 0 fully saturated rings. The van der Waals surface area contributed by atoms with Crippen molar-refractivity contribution in [3.8, 4) is 5.75 Å². The molecule has 0 aliphatic heterocycles. The van der Waals surface area contributed by atoms with Crippen LogP contribution in [0, 0.1) is 0 Å². The van der Waals surface area contributed by atoms with Crippen LogP contribution in [-0.2, 0) is 27.3 Å². The number of thiazole rings is 1. The van der Waals surface area contributed by atoms with Crippen molar-refractivity contribution in [2.24, 2.45) is 4.99 Å². The van der Waals surface area contributed by atoms with E-state index in [2.05, 4.69) is 4.99 Å². The van der Waals surface area contributed by atoms with Crippen LogP contribution in [0.3, 0.4) is 0 Å². The molecule has 0 atom stereocenters. The summed E-state index contributed by atoms with van der Waals surface area (Å²) in [6.45, 7) is 2.09. The summed E-state index contributed by atoms with van der Waals surface area (Å²) >= 11 is 1.37. The van der Waals surface area contributed by atoms with Gasteiger partial charge < -0.3 is 14.0 Å². The van der Waals surface area contributed by atoms with E-state index >= 15 is 0 Å². The minimum Gasteiger partial charge on any atom is -0.497 e. The number of carbonyl (C=O) groups is 2. The first-order chi connectivity index (χ1) is 13.1. The maximum Gasteiger partial charge on any atom is 0.326 e. The van der Waals surface area contributed by atoms with Gasteiger partial charge in [0.15, 0.2) is 4.80 Å². The first kappa shape index (κ1) is 18.8. The van der Waals surface area contributed by atoms with Gasteiger partial charge in [0.05, 0.1) is 30.4 Å². The summed E-state index contributed by atoms with van der Waals surface area (Å²) in [5.41, 5.74) is 1.67. The van der Waals surface area contributed by atoms with E-state index in [4.69, 9.17) is 9.47 Å². The Morgan fingerprint density at radius 1 is 1.15 bits per heavy atom. The Hall–Kier alpha value is -2.93. The summed E-state index contributed by atoms with van der Waals surface area (Å²) in [6.07, 6.45) is 0.158. The first-order valence-corrected chi connectivity index (χ1v) is 9.37. The van der Waals surface area contributed by atoms with Gasteiger partial charge in [-0.05, 0) is 36.8 Å². The topological polar surface area (TPSA) is 69.9 Å². The summed E-state index contributed by atoms with van der Waals surface area (Å²) in [6, 6.07) is 15.0. The number of benzene rings is 2. The number of nitrogens with zero attached hydrogens (tertiary/aromatic N) is 2. The molecule has 3 rings (SSSR count). The van der Waals surface area contributed by atoms with Gasteiger partial charge in [0, 0.05) is 0 Å². The van der Waals surface area contributed by atoms with Gasteiger partial charge >= 0.3 is 5.97 Å². The van der Waals surface area contributed by atoms with Gasteiger partial charge in [0.25, 0.3) is 5.91 Å². The third-order valence-corrected chi connectivity index (χ3v) is 4.95. The number of amides is 1. The summed E-state index contributed by atoms with van der Waals surface area (Å²) in [5.74, 6) is 0.0507. The van der Waals surface area contributed by atoms with Crippen LogP contribution in [0.25, 0.3) is 10.2 Å². The lowest BCUT2D eigenvalue weighted by atomic mass is 10.1. The van der Waals surface area contributed by atoms with Gasteiger partial charge in [-0.25, -0.2) is 0 Å². The Morgan fingerprint density at radius 3 is 2.74 bits per heavy atom. The molecule has 0 spiro atoms. The lowest BCUT2D eigenvalue weighted by Crippen LogP contribution is -2.23. The number of methoxy groups -OCH3 is 1. The second-order valence-corrected chi connectivity index (χ2v) is 6.79. The van der Waals surface area contributed by atoms with Crippen molar-refractivity contribution in [1.29, 1.82) is 0 Å². The quantitative estimate of drug-likeness (QED) is 0.613. The lowest BCUT2D eigenvalue weighted by Gasteiger charge is -2.05. The first-order valence-electron chi connectivity index (χ1n) is 8.55. The molecule has 7 heteroatoms. The average Bonchev–Trinajstić information content (AvgIpc) is 2.99. The van der Waals surface area contributed by atoms with Crippen LogP contribution in [0.5, 0.6) is 5.75 Å². The fourth-order valence-corrected chi connectivity index (χ4v) is 3.74. The van der Waals surface area contributed by atoms with Crippen molar-refractivity contribution in [3.63, 3.8) is 0 Å². The third kappa shape index (κ3) is 4.62.